The van der Waals surface area contributed by atoms with Crippen LogP contribution in [0.2, 0.25) is 0 Å². The van der Waals surface area contributed by atoms with E-state index in [1.807, 2.05) is 0 Å². The van der Waals surface area contributed by atoms with Crippen molar-refractivity contribution in [3.05, 3.63) is 41.5 Å². The van der Waals surface area contributed by atoms with E-state index in [9.17, 15) is 0 Å². The summed E-state index contributed by atoms with van der Waals surface area (Å²) in [5, 5.41) is 3.40. The average Bonchev–Trinajstić information content (AvgIpc) is 2.28. The maximum atomic E-state index is 3.40. The molecule has 0 aliphatic heterocycles. The lowest BCUT2D eigenvalue weighted by molar-refractivity contribution is 0.595. The highest BCUT2D eigenvalue weighted by Crippen LogP contribution is 2.07. The van der Waals surface area contributed by atoms with Crippen molar-refractivity contribution in [2.45, 2.75) is 39.7 Å². The highest BCUT2D eigenvalue weighted by atomic mass is 14.9. The Morgan fingerprint density at radius 3 is 2.81 bits per heavy atom. The first-order valence-corrected chi connectivity index (χ1v) is 6.21. The van der Waals surface area contributed by atoms with Gasteiger partial charge in [0.05, 0.1) is 0 Å². The molecule has 0 spiro atoms. The van der Waals surface area contributed by atoms with Crippen LogP contribution in [-0.2, 0) is 6.42 Å². The van der Waals surface area contributed by atoms with Crippen LogP contribution in [0.1, 0.15) is 38.3 Å². The van der Waals surface area contributed by atoms with Crippen LogP contribution >= 0.6 is 0 Å². The van der Waals surface area contributed by atoms with Crippen molar-refractivity contribution in [3.8, 4) is 0 Å². The van der Waals surface area contributed by atoms with Gasteiger partial charge in [0.1, 0.15) is 0 Å². The molecule has 0 atom stereocenters. The molecule has 0 heterocycles. The van der Waals surface area contributed by atoms with Crippen LogP contribution < -0.4 is 5.32 Å². The lowest BCUT2D eigenvalue weighted by Gasteiger charge is -2.04. The van der Waals surface area contributed by atoms with Gasteiger partial charge in [-0.15, -0.1) is 0 Å². The van der Waals surface area contributed by atoms with Gasteiger partial charge < -0.3 is 5.32 Å². The molecule has 0 unspecified atom stereocenters. The molecule has 1 aromatic rings. The first-order chi connectivity index (χ1) is 7.72. The van der Waals surface area contributed by atoms with Gasteiger partial charge in [-0.3, -0.25) is 0 Å². The lowest BCUT2D eigenvalue weighted by atomic mass is 10.1. The molecule has 0 amide bonds. The SMILES string of the molecule is CCc1cccc(/C=C/CCNC(C)C)c1. The van der Waals surface area contributed by atoms with E-state index in [1.165, 1.54) is 11.1 Å². The Morgan fingerprint density at radius 2 is 2.12 bits per heavy atom. The van der Waals surface area contributed by atoms with Gasteiger partial charge >= 0.3 is 0 Å². The van der Waals surface area contributed by atoms with Crippen LogP contribution in [0.5, 0.6) is 0 Å². The van der Waals surface area contributed by atoms with Gasteiger partial charge in [0.2, 0.25) is 0 Å². The average molecular weight is 217 g/mol. The van der Waals surface area contributed by atoms with E-state index < -0.39 is 0 Å². The molecule has 1 heteroatoms. The Morgan fingerprint density at radius 1 is 1.31 bits per heavy atom. The third-order valence-corrected chi connectivity index (χ3v) is 2.53. The molecular formula is C15H23N. The number of aryl methyl sites for hydroxylation is 1. The molecular weight excluding hydrogens is 194 g/mol. The van der Waals surface area contributed by atoms with Crippen LogP contribution in [0, 0.1) is 0 Å². The van der Waals surface area contributed by atoms with Crippen molar-refractivity contribution in [1.29, 1.82) is 0 Å². The van der Waals surface area contributed by atoms with E-state index in [2.05, 4.69) is 62.5 Å². The summed E-state index contributed by atoms with van der Waals surface area (Å²) in [6.45, 7) is 7.60. The molecule has 0 saturated carbocycles. The van der Waals surface area contributed by atoms with Crippen molar-refractivity contribution >= 4 is 6.08 Å². The third-order valence-electron chi connectivity index (χ3n) is 2.53. The summed E-state index contributed by atoms with van der Waals surface area (Å²) in [5.41, 5.74) is 2.71. The molecule has 0 radical (unpaired) electrons. The van der Waals surface area contributed by atoms with Crippen molar-refractivity contribution in [3.63, 3.8) is 0 Å². The second-order valence-electron chi connectivity index (χ2n) is 4.40. The minimum absolute atomic E-state index is 0.580. The fourth-order valence-corrected chi connectivity index (χ4v) is 1.59. The topological polar surface area (TPSA) is 12.0 Å². The second kappa shape index (κ2) is 7.24. The Hall–Kier alpha value is -1.08. The standard InChI is InChI=1S/C15H23N/c1-4-14-9-7-10-15(12-14)8-5-6-11-16-13(2)3/h5,7-10,12-13,16H,4,6,11H2,1-3H3/b8-5+. The van der Waals surface area contributed by atoms with Crippen LogP contribution in [0.3, 0.4) is 0 Å². The Bertz CT molecular complexity index is 326. The fourth-order valence-electron chi connectivity index (χ4n) is 1.59. The first kappa shape index (κ1) is 13.0. The molecule has 88 valence electrons. The Kier molecular flexibility index (Phi) is 5.87. The maximum absolute atomic E-state index is 3.40. The summed E-state index contributed by atoms with van der Waals surface area (Å²) >= 11 is 0. The zero-order chi connectivity index (χ0) is 11.8. The molecule has 1 rings (SSSR count). The van der Waals surface area contributed by atoms with Gasteiger partial charge in [0.15, 0.2) is 0 Å². The molecule has 0 fully saturated rings. The van der Waals surface area contributed by atoms with Crippen LogP contribution in [0.4, 0.5) is 0 Å². The molecule has 0 aliphatic carbocycles. The molecule has 1 aromatic carbocycles. The molecule has 0 aromatic heterocycles. The number of nitrogens with one attached hydrogen (secondary N) is 1. The van der Waals surface area contributed by atoms with Gasteiger partial charge in [-0.25, -0.2) is 0 Å². The van der Waals surface area contributed by atoms with Crippen LogP contribution in [0.25, 0.3) is 6.08 Å². The summed E-state index contributed by atoms with van der Waals surface area (Å²) in [6, 6.07) is 9.30. The number of benzene rings is 1. The normalized spacial score (nSPS) is 11.5. The summed E-state index contributed by atoms with van der Waals surface area (Å²) < 4.78 is 0. The van der Waals surface area contributed by atoms with E-state index in [0.717, 1.165) is 19.4 Å². The molecule has 0 bridgehead atoms. The van der Waals surface area contributed by atoms with Gasteiger partial charge in [-0.05, 0) is 30.5 Å². The number of hydrogen-bond donors (Lipinski definition) is 1. The van der Waals surface area contributed by atoms with Crippen molar-refractivity contribution in [2.75, 3.05) is 6.54 Å². The highest BCUT2D eigenvalue weighted by molar-refractivity contribution is 5.50. The molecule has 0 aliphatic rings. The zero-order valence-electron chi connectivity index (χ0n) is 10.7. The predicted octanol–water partition coefficient (Wildman–Crippen LogP) is 3.65. The predicted molar refractivity (Wildman–Crippen MR) is 72.6 cm³/mol. The maximum Gasteiger partial charge on any atom is 0.00105 e. The van der Waals surface area contributed by atoms with Crippen LogP contribution in [0.15, 0.2) is 30.3 Å². The molecule has 1 N–H and O–H groups in total. The second-order valence-corrected chi connectivity index (χ2v) is 4.40. The summed E-state index contributed by atoms with van der Waals surface area (Å²) in [4.78, 5) is 0. The van der Waals surface area contributed by atoms with E-state index in [1.54, 1.807) is 0 Å². The quantitative estimate of drug-likeness (QED) is 0.717. The van der Waals surface area contributed by atoms with Crippen molar-refractivity contribution in [2.24, 2.45) is 0 Å². The van der Waals surface area contributed by atoms with Gasteiger partial charge in [0, 0.05) is 6.04 Å². The van der Waals surface area contributed by atoms with E-state index >= 15 is 0 Å². The number of rotatable bonds is 6. The smallest absolute Gasteiger partial charge is 0.00105 e. The van der Waals surface area contributed by atoms with E-state index in [0.29, 0.717) is 6.04 Å². The summed E-state index contributed by atoms with van der Waals surface area (Å²) in [5.74, 6) is 0. The highest BCUT2D eigenvalue weighted by Gasteiger charge is 1.91. The third kappa shape index (κ3) is 5.13. The largest absolute Gasteiger partial charge is 0.314 e. The monoisotopic (exact) mass is 217 g/mol. The summed E-state index contributed by atoms with van der Waals surface area (Å²) in [7, 11) is 0. The molecule has 0 saturated heterocycles. The molecule has 1 nitrogen and oxygen atoms in total. The van der Waals surface area contributed by atoms with Crippen molar-refractivity contribution in [1.82, 2.24) is 5.32 Å². The minimum Gasteiger partial charge on any atom is -0.314 e. The Balaban J connectivity index is 2.37. The van der Waals surface area contributed by atoms with Gasteiger partial charge in [-0.1, -0.05) is 57.2 Å². The first-order valence-electron chi connectivity index (χ1n) is 6.21. The summed E-state index contributed by atoms with van der Waals surface area (Å²) in [6.07, 6.45) is 6.65. The van der Waals surface area contributed by atoms with Crippen molar-refractivity contribution < 1.29 is 0 Å². The fraction of sp³-hybridized carbons (Fsp3) is 0.467. The Labute approximate surface area is 99.6 Å². The lowest BCUT2D eigenvalue weighted by Crippen LogP contribution is -2.23. The van der Waals surface area contributed by atoms with Crippen LogP contribution in [-0.4, -0.2) is 12.6 Å². The minimum atomic E-state index is 0.580. The zero-order valence-corrected chi connectivity index (χ0v) is 10.7. The molecule has 16 heavy (non-hydrogen) atoms. The van der Waals surface area contributed by atoms with Gasteiger partial charge in [-0.2, -0.15) is 0 Å². The van der Waals surface area contributed by atoms with E-state index in [4.69, 9.17) is 0 Å². The number of hydrogen-bond acceptors (Lipinski definition) is 1. The van der Waals surface area contributed by atoms with E-state index in [-0.39, 0.29) is 0 Å². The van der Waals surface area contributed by atoms with Gasteiger partial charge in [0.25, 0.3) is 0 Å².